The molecule has 1 rings (SSSR count). The highest BCUT2D eigenvalue weighted by atomic mass is 16.4. The molecule has 3 atom stereocenters. The summed E-state index contributed by atoms with van der Waals surface area (Å²) in [6.45, 7) is 7.79. The Kier molecular flexibility index (Phi) is 4.99. The van der Waals surface area contributed by atoms with Crippen molar-refractivity contribution in [1.29, 1.82) is 0 Å². The lowest BCUT2D eigenvalue weighted by Gasteiger charge is -2.37. The third-order valence-electron chi connectivity index (χ3n) is 3.90. The molecule has 5 heteroatoms. The topological polar surface area (TPSA) is 60.9 Å². The van der Waals surface area contributed by atoms with E-state index in [1.54, 1.807) is 14.0 Å². The minimum absolute atomic E-state index is 0.0538. The summed E-state index contributed by atoms with van der Waals surface area (Å²) in [5, 5.41) is 8.85. The Balaban J connectivity index is 2.51. The molecular formula is C13H24N2O3. The smallest absolute Gasteiger partial charge is 0.319 e. The third kappa shape index (κ3) is 3.62. The standard InChI is InChI=1S/C13H24N2O3/c1-9-5-6-15(8-10(9)2)13(18)14(4)7-11(3)12(16)17/h9-11H,5-8H2,1-4H3,(H,16,17). The zero-order chi connectivity index (χ0) is 13.9. The number of piperidine rings is 1. The SMILES string of the molecule is CC(CN(C)C(=O)N1CCC(C)C(C)C1)C(=O)O. The van der Waals surface area contributed by atoms with Crippen LogP contribution in [-0.4, -0.2) is 53.6 Å². The van der Waals surface area contributed by atoms with Gasteiger partial charge in [-0.05, 0) is 18.3 Å². The summed E-state index contributed by atoms with van der Waals surface area (Å²) in [6, 6.07) is -0.0538. The Morgan fingerprint density at radius 1 is 1.39 bits per heavy atom. The fourth-order valence-corrected chi connectivity index (χ4v) is 2.24. The maximum Gasteiger partial charge on any atom is 0.319 e. The van der Waals surface area contributed by atoms with Crippen molar-refractivity contribution >= 4 is 12.0 Å². The van der Waals surface area contributed by atoms with Gasteiger partial charge >= 0.3 is 12.0 Å². The number of nitrogens with zero attached hydrogens (tertiary/aromatic N) is 2. The molecule has 18 heavy (non-hydrogen) atoms. The normalized spacial score (nSPS) is 25.7. The molecule has 0 aromatic carbocycles. The lowest BCUT2D eigenvalue weighted by molar-refractivity contribution is -0.141. The Hall–Kier alpha value is -1.26. The van der Waals surface area contributed by atoms with Crippen molar-refractivity contribution in [1.82, 2.24) is 9.80 Å². The first kappa shape index (κ1) is 14.8. The summed E-state index contributed by atoms with van der Waals surface area (Å²) < 4.78 is 0. The highest BCUT2D eigenvalue weighted by Crippen LogP contribution is 2.23. The van der Waals surface area contributed by atoms with Gasteiger partial charge in [0.15, 0.2) is 0 Å². The first-order chi connectivity index (χ1) is 8.32. The third-order valence-corrected chi connectivity index (χ3v) is 3.90. The van der Waals surface area contributed by atoms with Crippen LogP contribution in [0.15, 0.2) is 0 Å². The van der Waals surface area contributed by atoms with Gasteiger partial charge in [0.25, 0.3) is 0 Å². The quantitative estimate of drug-likeness (QED) is 0.836. The van der Waals surface area contributed by atoms with Gasteiger partial charge in [-0.15, -0.1) is 0 Å². The largest absolute Gasteiger partial charge is 0.481 e. The Morgan fingerprint density at radius 2 is 2.00 bits per heavy atom. The number of carbonyl (C=O) groups is 2. The van der Waals surface area contributed by atoms with Crippen LogP contribution in [0.2, 0.25) is 0 Å². The van der Waals surface area contributed by atoms with Crippen LogP contribution in [0.4, 0.5) is 4.79 Å². The van der Waals surface area contributed by atoms with E-state index < -0.39 is 11.9 Å². The van der Waals surface area contributed by atoms with Crippen molar-refractivity contribution in [3.63, 3.8) is 0 Å². The summed E-state index contributed by atoms with van der Waals surface area (Å²) in [5.74, 6) is -0.235. The second-order valence-corrected chi connectivity index (χ2v) is 5.59. The fourth-order valence-electron chi connectivity index (χ4n) is 2.24. The van der Waals surface area contributed by atoms with Gasteiger partial charge in [-0.25, -0.2) is 4.79 Å². The van der Waals surface area contributed by atoms with Crippen molar-refractivity contribution in [2.24, 2.45) is 17.8 Å². The zero-order valence-corrected chi connectivity index (χ0v) is 11.7. The molecule has 0 spiro atoms. The van der Waals surface area contributed by atoms with E-state index in [4.69, 9.17) is 5.11 Å². The maximum atomic E-state index is 12.2. The summed E-state index contributed by atoms with van der Waals surface area (Å²) in [6.07, 6.45) is 1.02. The van der Waals surface area contributed by atoms with E-state index in [1.807, 2.05) is 4.90 Å². The molecule has 1 aliphatic heterocycles. The van der Waals surface area contributed by atoms with Crippen molar-refractivity contribution in [2.75, 3.05) is 26.7 Å². The molecule has 1 N–H and O–H groups in total. The van der Waals surface area contributed by atoms with Crippen LogP contribution in [0.25, 0.3) is 0 Å². The number of carboxylic acid groups (broad SMARTS) is 1. The van der Waals surface area contributed by atoms with Crippen molar-refractivity contribution < 1.29 is 14.7 Å². The molecular weight excluding hydrogens is 232 g/mol. The molecule has 0 aliphatic carbocycles. The fraction of sp³-hybridized carbons (Fsp3) is 0.846. The van der Waals surface area contributed by atoms with Crippen molar-refractivity contribution in [2.45, 2.75) is 27.2 Å². The molecule has 0 radical (unpaired) electrons. The van der Waals surface area contributed by atoms with Crippen molar-refractivity contribution in [3.8, 4) is 0 Å². The molecule has 1 heterocycles. The zero-order valence-electron chi connectivity index (χ0n) is 11.7. The highest BCUT2D eigenvalue weighted by molar-refractivity contribution is 5.76. The molecule has 0 saturated carbocycles. The molecule has 1 saturated heterocycles. The summed E-state index contributed by atoms with van der Waals surface area (Å²) in [4.78, 5) is 26.3. The van der Waals surface area contributed by atoms with E-state index in [9.17, 15) is 9.59 Å². The van der Waals surface area contributed by atoms with Crippen LogP contribution >= 0.6 is 0 Å². The molecule has 5 nitrogen and oxygen atoms in total. The number of hydrogen-bond donors (Lipinski definition) is 1. The van der Waals surface area contributed by atoms with E-state index in [0.717, 1.165) is 19.5 Å². The van der Waals surface area contributed by atoms with E-state index >= 15 is 0 Å². The molecule has 1 aliphatic rings. The predicted molar refractivity (Wildman–Crippen MR) is 69.3 cm³/mol. The van der Waals surface area contributed by atoms with E-state index in [2.05, 4.69) is 13.8 Å². The van der Waals surface area contributed by atoms with Gasteiger partial charge in [0.2, 0.25) is 0 Å². The lowest BCUT2D eigenvalue weighted by Crippen LogP contribution is -2.48. The van der Waals surface area contributed by atoms with Crippen LogP contribution in [0.5, 0.6) is 0 Å². The van der Waals surface area contributed by atoms with Crippen LogP contribution in [-0.2, 0) is 4.79 Å². The lowest BCUT2D eigenvalue weighted by atomic mass is 9.89. The summed E-state index contributed by atoms with van der Waals surface area (Å²) >= 11 is 0. The average molecular weight is 256 g/mol. The second kappa shape index (κ2) is 6.07. The summed E-state index contributed by atoms with van der Waals surface area (Å²) in [5.41, 5.74) is 0. The molecule has 1 fully saturated rings. The molecule has 2 amide bonds. The van der Waals surface area contributed by atoms with E-state index in [1.165, 1.54) is 4.90 Å². The number of likely N-dealkylation sites (tertiary alicyclic amines) is 1. The number of carboxylic acids is 1. The number of carbonyl (C=O) groups excluding carboxylic acids is 1. The minimum atomic E-state index is -0.865. The highest BCUT2D eigenvalue weighted by Gasteiger charge is 2.28. The number of urea groups is 1. The van der Waals surface area contributed by atoms with Gasteiger partial charge in [0.1, 0.15) is 0 Å². The van der Waals surface area contributed by atoms with Gasteiger partial charge in [0.05, 0.1) is 5.92 Å². The van der Waals surface area contributed by atoms with Crippen LogP contribution < -0.4 is 0 Å². The number of aliphatic carboxylic acids is 1. The molecule has 0 aromatic heterocycles. The number of amides is 2. The molecule has 0 aromatic rings. The van der Waals surface area contributed by atoms with Gasteiger partial charge < -0.3 is 14.9 Å². The number of hydrogen-bond acceptors (Lipinski definition) is 2. The summed E-state index contributed by atoms with van der Waals surface area (Å²) in [7, 11) is 1.67. The van der Waals surface area contributed by atoms with Gasteiger partial charge in [-0.1, -0.05) is 20.8 Å². The average Bonchev–Trinajstić information content (AvgIpc) is 2.31. The van der Waals surface area contributed by atoms with Crippen molar-refractivity contribution in [3.05, 3.63) is 0 Å². The number of rotatable bonds is 3. The van der Waals surface area contributed by atoms with E-state index in [0.29, 0.717) is 11.8 Å². The monoisotopic (exact) mass is 256 g/mol. The predicted octanol–water partition coefficient (Wildman–Crippen LogP) is 1.74. The Morgan fingerprint density at radius 3 is 2.50 bits per heavy atom. The first-order valence-electron chi connectivity index (χ1n) is 6.55. The minimum Gasteiger partial charge on any atom is -0.481 e. The van der Waals surface area contributed by atoms with Crippen LogP contribution in [0.3, 0.4) is 0 Å². The molecule has 104 valence electrons. The maximum absolute atomic E-state index is 12.2. The Labute approximate surface area is 109 Å². The van der Waals surface area contributed by atoms with Gasteiger partial charge in [0, 0.05) is 26.7 Å². The first-order valence-corrected chi connectivity index (χ1v) is 6.55. The van der Waals surface area contributed by atoms with E-state index in [-0.39, 0.29) is 12.6 Å². The second-order valence-electron chi connectivity index (χ2n) is 5.59. The van der Waals surface area contributed by atoms with Crippen LogP contribution in [0, 0.1) is 17.8 Å². The molecule has 0 bridgehead atoms. The van der Waals surface area contributed by atoms with Crippen LogP contribution in [0.1, 0.15) is 27.2 Å². The molecule has 3 unspecified atom stereocenters. The van der Waals surface area contributed by atoms with Gasteiger partial charge in [-0.3, -0.25) is 4.79 Å². The van der Waals surface area contributed by atoms with Gasteiger partial charge in [-0.2, -0.15) is 0 Å². The Bertz CT molecular complexity index is 319.